The van der Waals surface area contributed by atoms with E-state index >= 15 is 0 Å². The predicted octanol–water partition coefficient (Wildman–Crippen LogP) is 2.33. The minimum absolute atomic E-state index is 0.172. The van der Waals surface area contributed by atoms with Gasteiger partial charge < -0.3 is 9.64 Å². The van der Waals surface area contributed by atoms with Gasteiger partial charge in [0.15, 0.2) is 6.04 Å². The number of benzene rings is 1. The molecule has 2 amide bonds. The number of carbonyl (C=O) groups is 2. The van der Waals surface area contributed by atoms with Gasteiger partial charge in [-0.3, -0.25) is 9.52 Å². The number of fused-ring (bicyclic) bond motifs is 4. The summed E-state index contributed by atoms with van der Waals surface area (Å²) in [6.45, 7) is 0.973. The highest BCUT2D eigenvalue weighted by Gasteiger charge is 2.53. The van der Waals surface area contributed by atoms with Crippen LogP contribution in [0, 0.1) is 0 Å². The lowest BCUT2D eigenvalue weighted by Crippen LogP contribution is -2.40. The standard InChI is InChI=1S/C18H19N7O4/c1-28-17(26)16-15-13(9-21-24(15)8-7-20-22-19)14-10-23(16)18(27)25(14)29-11-12-5-3-2-4-6-12/h2-6,9,14,16H,7-8,10-11H2,1H3/t14-,16-/m0/s1. The Kier molecular flexibility index (Phi) is 5.07. The van der Waals surface area contributed by atoms with Gasteiger partial charge in [-0.1, -0.05) is 35.4 Å². The Morgan fingerprint density at radius 3 is 2.90 bits per heavy atom. The largest absolute Gasteiger partial charge is 0.467 e. The van der Waals surface area contributed by atoms with Gasteiger partial charge >= 0.3 is 12.0 Å². The van der Waals surface area contributed by atoms with Gasteiger partial charge in [-0.2, -0.15) is 10.2 Å². The Morgan fingerprint density at radius 1 is 1.38 bits per heavy atom. The minimum Gasteiger partial charge on any atom is -0.467 e. The highest BCUT2D eigenvalue weighted by molar-refractivity contribution is 5.87. The fourth-order valence-electron chi connectivity index (χ4n) is 3.73. The maximum absolute atomic E-state index is 13.0. The van der Waals surface area contributed by atoms with E-state index in [0.717, 1.165) is 11.1 Å². The van der Waals surface area contributed by atoms with Crippen LogP contribution in [0.15, 0.2) is 41.6 Å². The van der Waals surface area contributed by atoms with Crippen molar-refractivity contribution in [1.29, 1.82) is 0 Å². The molecule has 1 saturated heterocycles. The van der Waals surface area contributed by atoms with Crippen LogP contribution in [0.4, 0.5) is 4.79 Å². The maximum atomic E-state index is 13.0. The lowest BCUT2D eigenvalue weighted by atomic mass is 9.98. The number of aromatic nitrogens is 2. The Labute approximate surface area is 166 Å². The van der Waals surface area contributed by atoms with Gasteiger partial charge in [0.05, 0.1) is 25.5 Å². The molecule has 2 aliphatic heterocycles. The van der Waals surface area contributed by atoms with Crippen molar-refractivity contribution in [3.63, 3.8) is 0 Å². The Hall–Kier alpha value is -3.56. The second kappa shape index (κ2) is 7.82. The fraction of sp³-hybridized carbons (Fsp3) is 0.389. The van der Waals surface area contributed by atoms with Crippen LogP contribution in [0.5, 0.6) is 0 Å². The second-order valence-electron chi connectivity index (χ2n) is 6.62. The first kappa shape index (κ1) is 18.8. The van der Waals surface area contributed by atoms with Crippen molar-refractivity contribution in [2.24, 2.45) is 5.11 Å². The molecular weight excluding hydrogens is 378 g/mol. The van der Waals surface area contributed by atoms with E-state index in [2.05, 4.69) is 15.1 Å². The monoisotopic (exact) mass is 397 g/mol. The van der Waals surface area contributed by atoms with E-state index in [-0.39, 0.29) is 19.7 Å². The quantitative estimate of drug-likeness (QED) is 0.307. The van der Waals surface area contributed by atoms with E-state index < -0.39 is 24.1 Å². The van der Waals surface area contributed by atoms with Gasteiger partial charge in [-0.05, 0) is 11.1 Å². The molecule has 0 unspecified atom stereocenters. The number of carbonyl (C=O) groups excluding carboxylic acids is 2. The number of esters is 1. The van der Waals surface area contributed by atoms with E-state index in [1.165, 1.54) is 17.1 Å². The zero-order chi connectivity index (χ0) is 20.4. The molecule has 0 aliphatic carbocycles. The van der Waals surface area contributed by atoms with Crippen LogP contribution in [0.2, 0.25) is 0 Å². The van der Waals surface area contributed by atoms with Gasteiger partial charge in [-0.15, -0.1) is 0 Å². The molecular formula is C18H19N7O4. The van der Waals surface area contributed by atoms with Crippen molar-refractivity contribution in [2.45, 2.75) is 25.2 Å². The van der Waals surface area contributed by atoms with E-state index in [1.807, 2.05) is 30.3 Å². The first-order chi connectivity index (χ1) is 14.2. The molecule has 3 heterocycles. The SMILES string of the molecule is COC(=O)[C@@H]1c2c(cnn2CCN=[N+]=[N-])[C@@H]2CN1C(=O)N2OCc1ccccc1. The normalized spacial score (nSPS) is 19.7. The van der Waals surface area contributed by atoms with Crippen LogP contribution in [0.1, 0.15) is 28.9 Å². The van der Waals surface area contributed by atoms with Crippen LogP contribution >= 0.6 is 0 Å². The third-order valence-electron chi connectivity index (χ3n) is 5.04. The van der Waals surface area contributed by atoms with Gasteiger partial charge in [0.1, 0.15) is 12.6 Å². The van der Waals surface area contributed by atoms with E-state index in [0.29, 0.717) is 12.2 Å². The topological polar surface area (TPSA) is 126 Å². The van der Waals surface area contributed by atoms with Crippen molar-refractivity contribution in [1.82, 2.24) is 19.7 Å². The Balaban J connectivity index is 1.65. The summed E-state index contributed by atoms with van der Waals surface area (Å²) in [7, 11) is 1.28. The highest BCUT2D eigenvalue weighted by atomic mass is 16.7. The molecule has 2 aliphatic rings. The zero-order valence-electron chi connectivity index (χ0n) is 15.7. The number of ether oxygens (including phenoxy) is 1. The number of hydrogen-bond donors (Lipinski definition) is 0. The number of nitrogens with zero attached hydrogens (tertiary/aromatic N) is 7. The summed E-state index contributed by atoms with van der Waals surface area (Å²) in [5.41, 5.74) is 10.7. The van der Waals surface area contributed by atoms with Crippen molar-refractivity contribution < 1.29 is 19.2 Å². The summed E-state index contributed by atoms with van der Waals surface area (Å²) in [5, 5.41) is 9.16. The highest BCUT2D eigenvalue weighted by Crippen LogP contribution is 2.44. The number of amides is 2. The van der Waals surface area contributed by atoms with Crippen molar-refractivity contribution >= 4 is 12.0 Å². The first-order valence-electron chi connectivity index (χ1n) is 9.06. The molecule has 1 fully saturated rings. The molecule has 4 rings (SSSR count). The fourth-order valence-corrected chi connectivity index (χ4v) is 3.73. The molecule has 2 aromatic rings. The molecule has 1 aromatic carbocycles. The summed E-state index contributed by atoms with van der Waals surface area (Å²) in [5.74, 6) is -0.562. The van der Waals surface area contributed by atoms with Crippen molar-refractivity contribution in [2.75, 3.05) is 20.2 Å². The molecule has 11 heteroatoms. The summed E-state index contributed by atoms with van der Waals surface area (Å²) in [6.07, 6.45) is 1.63. The van der Waals surface area contributed by atoms with E-state index in [4.69, 9.17) is 15.1 Å². The molecule has 2 bridgehead atoms. The third kappa shape index (κ3) is 3.26. The van der Waals surface area contributed by atoms with E-state index in [9.17, 15) is 9.59 Å². The molecule has 11 nitrogen and oxygen atoms in total. The Bertz CT molecular complexity index is 970. The average molecular weight is 397 g/mol. The van der Waals surface area contributed by atoms with Crippen LogP contribution in [0.25, 0.3) is 10.4 Å². The number of methoxy groups -OCH3 is 1. The lowest BCUT2D eigenvalue weighted by molar-refractivity contribution is -0.146. The molecule has 150 valence electrons. The number of hydrogen-bond acceptors (Lipinski definition) is 6. The maximum Gasteiger partial charge on any atom is 0.345 e. The van der Waals surface area contributed by atoms with Crippen LogP contribution < -0.4 is 0 Å². The van der Waals surface area contributed by atoms with Crippen molar-refractivity contribution in [3.05, 3.63) is 63.8 Å². The Morgan fingerprint density at radius 2 is 2.17 bits per heavy atom. The smallest absolute Gasteiger partial charge is 0.345 e. The van der Waals surface area contributed by atoms with Gasteiger partial charge in [0.25, 0.3) is 0 Å². The summed E-state index contributed by atoms with van der Waals surface area (Å²) >= 11 is 0. The molecule has 2 atom stereocenters. The number of rotatable bonds is 7. The van der Waals surface area contributed by atoms with Crippen LogP contribution in [0.3, 0.4) is 0 Å². The first-order valence-corrected chi connectivity index (χ1v) is 9.06. The van der Waals surface area contributed by atoms with Crippen LogP contribution in [-0.4, -0.2) is 51.9 Å². The molecule has 0 radical (unpaired) electrons. The van der Waals surface area contributed by atoms with Crippen LogP contribution in [-0.2, 0) is 27.5 Å². The van der Waals surface area contributed by atoms with E-state index in [1.54, 1.807) is 10.9 Å². The molecule has 0 saturated carbocycles. The number of azide groups is 1. The second-order valence-corrected chi connectivity index (χ2v) is 6.62. The molecule has 0 spiro atoms. The third-order valence-corrected chi connectivity index (χ3v) is 5.04. The minimum atomic E-state index is -0.933. The average Bonchev–Trinajstić information content (AvgIpc) is 3.28. The molecule has 1 aromatic heterocycles. The summed E-state index contributed by atoms with van der Waals surface area (Å²) in [6, 6.07) is 7.78. The molecule has 29 heavy (non-hydrogen) atoms. The van der Waals surface area contributed by atoms with Gasteiger partial charge in [0.2, 0.25) is 0 Å². The number of hydroxylamine groups is 2. The van der Waals surface area contributed by atoms with Gasteiger partial charge in [0, 0.05) is 23.6 Å². The van der Waals surface area contributed by atoms with Crippen molar-refractivity contribution in [3.8, 4) is 0 Å². The molecule has 0 N–H and O–H groups in total. The summed E-state index contributed by atoms with van der Waals surface area (Å²) < 4.78 is 6.53. The lowest BCUT2D eigenvalue weighted by Gasteiger charge is -2.29. The number of urea groups is 1. The predicted molar refractivity (Wildman–Crippen MR) is 98.9 cm³/mol. The zero-order valence-corrected chi connectivity index (χ0v) is 15.7. The summed E-state index contributed by atoms with van der Waals surface area (Å²) in [4.78, 5) is 35.5. The van der Waals surface area contributed by atoms with Gasteiger partial charge in [-0.25, -0.2) is 9.59 Å².